The van der Waals surface area contributed by atoms with Crippen molar-refractivity contribution in [3.8, 4) is 5.88 Å². The lowest BCUT2D eigenvalue weighted by Crippen LogP contribution is -2.05. The number of ether oxygens (including phenoxy) is 1. The summed E-state index contributed by atoms with van der Waals surface area (Å²) < 4.78 is 5.42. The van der Waals surface area contributed by atoms with Gasteiger partial charge in [-0.25, -0.2) is 4.98 Å². The van der Waals surface area contributed by atoms with Crippen molar-refractivity contribution in [1.82, 2.24) is 9.97 Å². The van der Waals surface area contributed by atoms with Gasteiger partial charge in [-0.2, -0.15) is 4.98 Å². The van der Waals surface area contributed by atoms with Crippen LogP contribution in [-0.2, 0) is 0 Å². The fourth-order valence-electron chi connectivity index (χ4n) is 1.04. The largest absolute Gasteiger partial charge is 0.477 e. The third-order valence-corrected chi connectivity index (χ3v) is 1.83. The third-order valence-electron chi connectivity index (χ3n) is 1.83. The van der Waals surface area contributed by atoms with Crippen molar-refractivity contribution in [3.63, 3.8) is 0 Å². The van der Waals surface area contributed by atoms with Gasteiger partial charge in [-0.1, -0.05) is 19.9 Å². The Bertz CT molecular complexity index is 337. The number of nitrogens with two attached hydrogens (primary N) is 1. The number of nitrogen functional groups attached to an aromatic ring is 1. The average Bonchev–Trinajstić information content (AvgIpc) is 2.17. The molecule has 1 aromatic rings. The van der Waals surface area contributed by atoms with Crippen LogP contribution in [0, 0.1) is 0 Å². The van der Waals surface area contributed by atoms with E-state index >= 15 is 0 Å². The van der Waals surface area contributed by atoms with Gasteiger partial charge >= 0.3 is 0 Å². The molecule has 0 fully saturated rings. The molecule has 0 unspecified atom stereocenters. The highest BCUT2D eigenvalue weighted by Crippen LogP contribution is 2.16. The predicted molar refractivity (Wildman–Crippen MR) is 60.8 cm³/mol. The summed E-state index contributed by atoms with van der Waals surface area (Å²) in [7, 11) is 0. The van der Waals surface area contributed by atoms with Crippen molar-refractivity contribution >= 4 is 5.82 Å². The van der Waals surface area contributed by atoms with Crippen LogP contribution in [0.15, 0.2) is 18.7 Å². The first-order valence-corrected chi connectivity index (χ1v) is 5.01. The van der Waals surface area contributed by atoms with Crippen molar-refractivity contribution in [3.05, 3.63) is 24.5 Å². The van der Waals surface area contributed by atoms with Gasteiger partial charge in [0.05, 0.1) is 6.61 Å². The topological polar surface area (TPSA) is 61.0 Å². The number of aromatic nitrogens is 2. The molecule has 0 radical (unpaired) electrons. The normalized spacial score (nSPS) is 10.3. The first kappa shape index (κ1) is 11.5. The molecule has 1 heterocycles. The van der Waals surface area contributed by atoms with Crippen molar-refractivity contribution in [2.45, 2.75) is 26.2 Å². The number of anilines is 1. The van der Waals surface area contributed by atoms with Crippen LogP contribution in [-0.4, -0.2) is 16.6 Å². The minimum Gasteiger partial charge on any atom is -0.477 e. The molecular weight excluding hydrogens is 190 g/mol. The van der Waals surface area contributed by atoms with Gasteiger partial charge in [0.15, 0.2) is 0 Å². The lowest BCUT2D eigenvalue weighted by atomic mass is 10.2. The molecule has 0 aliphatic rings. The zero-order valence-electron chi connectivity index (χ0n) is 9.23. The molecule has 82 valence electrons. The number of rotatable bonds is 5. The van der Waals surface area contributed by atoms with E-state index in [-0.39, 0.29) is 5.92 Å². The van der Waals surface area contributed by atoms with Crippen molar-refractivity contribution < 1.29 is 4.74 Å². The summed E-state index contributed by atoms with van der Waals surface area (Å²) in [6, 6.07) is 1.63. The Morgan fingerprint density at radius 2 is 2.27 bits per heavy atom. The SMILES string of the molecule is C=CCCOc1cc(N)nc(C(C)C)n1. The van der Waals surface area contributed by atoms with E-state index in [0.717, 1.165) is 6.42 Å². The molecule has 0 aromatic carbocycles. The van der Waals surface area contributed by atoms with Crippen LogP contribution in [0.25, 0.3) is 0 Å². The summed E-state index contributed by atoms with van der Waals surface area (Å²) in [5.41, 5.74) is 5.65. The molecule has 15 heavy (non-hydrogen) atoms. The number of hydrogen-bond donors (Lipinski definition) is 1. The average molecular weight is 207 g/mol. The molecule has 0 spiro atoms. The Balaban J connectivity index is 2.74. The summed E-state index contributed by atoms with van der Waals surface area (Å²) in [5.74, 6) is 1.94. The Morgan fingerprint density at radius 1 is 1.53 bits per heavy atom. The van der Waals surface area contributed by atoms with Crippen LogP contribution in [0.1, 0.15) is 32.0 Å². The Kier molecular flexibility index (Phi) is 4.09. The molecule has 0 amide bonds. The molecule has 0 saturated heterocycles. The molecule has 2 N–H and O–H groups in total. The second kappa shape index (κ2) is 5.34. The van der Waals surface area contributed by atoms with E-state index in [0.29, 0.717) is 24.1 Å². The summed E-state index contributed by atoms with van der Waals surface area (Å²) in [6.45, 7) is 8.22. The Labute approximate surface area is 90.2 Å². The summed E-state index contributed by atoms with van der Waals surface area (Å²) in [6.07, 6.45) is 2.59. The molecule has 4 heteroatoms. The van der Waals surface area contributed by atoms with E-state index in [2.05, 4.69) is 16.5 Å². The van der Waals surface area contributed by atoms with Crippen LogP contribution >= 0.6 is 0 Å². The molecule has 0 atom stereocenters. The molecule has 0 saturated carbocycles. The maximum Gasteiger partial charge on any atom is 0.218 e. The van der Waals surface area contributed by atoms with Gasteiger partial charge in [0.25, 0.3) is 0 Å². The van der Waals surface area contributed by atoms with Gasteiger partial charge in [-0.15, -0.1) is 6.58 Å². The van der Waals surface area contributed by atoms with E-state index in [1.165, 1.54) is 0 Å². The van der Waals surface area contributed by atoms with E-state index in [4.69, 9.17) is 10.5 Å². The number of nitrogens with zero attached hydrogens (tertiary/aromatic N) is 2. The van der Waals surface area contributed by atoms with E-state index < -0.39 is 0 Å². The van der Waals surface area contributed by atoms with Crippen LogP contribution in [0.5, 0.6) is 5.88 Å². The van der Waals surface area contributed by atoms with Crippen LogP contribution in [0.2, 0.25) is 0 Å². The van der Waals surface area contributed by atoms with Gasteiger partial charge in [-0.05, 0) is 6.42 Å². The van der Waals surface area contributed by atoms with Crippen LogP contribution in [0.4, 0.5) is 5.82 Å². The van der Waals surface area contributed by atoms with E-state index in [9.17, 15) is 0 Å². The second-order valence-corrected chi connectivity index (χ2v) is 3.57. The molecule has 1 rings (SSSR count). The summed E-state index contributed by atoms with van der Waals surface area (Å²) in [4.78, 5) is 8.39. The van der Waals surface area contributed by atoms with Gasteiger partial charge in [0.2, 0.25) is 5.88 Å². The van der Waals surface area contributed by atoms with Gasteiger partial charge in [0.1, 0.15) is 11.6 Å². The molecule has 0 aliphatic heterocycles. The molecule has 4 nitrogen and oxygen atoms in total. The number of hydrogen-bond acceptors (Lipinski definition) is 4. The quantitative estimate of drug-likeness (QED) is 0.593. The van der Waals surface area contributed by atoms with Gasteiger partial charge in [-0.3, -0.25) is 0 Å². The van der Waals surface area contributed by atoms with Crippen LogP contribution in [0.3, 0.4) is 0 Å². The third kappa shape index (κ3) is 3.58. The lowest BCUT2D eigenvalue weighted by molar-refractivity contribution is 0.310. The molecular formula is C11H17N3O. The van der Waals surface area contributed by atoms with Crippen molar-refractivity contribution in [1.29, 1.82) is 0 Å². The molecule has 0 aliphatic carbocycles. The fourth-order valence-corrected chi connectivity index (χ4v) is 1.04. The fraction of sp³-hybridized carbons (Fsp3) is 0.455. The minimum atomic E-state index is 0.246. The highest BCUT2D eigenvalue weighted by molar-refractivity contribution is 5.33. The zero-order chi connectivity index (χ0) is 11.3. The van der Waals surface area contributed by atoms with E-state index in [1.807, 2.05) is 13.8 Å². The second-order valence-electron chi connectivity index (χ2n) is 3.57. The summed E-state index contributed by atoms with van der Waals surface area (Å²) >= 11 is 0. The lowest BCUT2D eigenvalue weighted by Gasteiger charge is -2.08. The smallest absolute Gasteiger partial charge is 0.218 e. The summed E-state index contributed by atoms with van der Waals surface area (Å²) in [5, 5.41) is 0. The molecule has 0 bridgehead atoms. The monoisotopic (exact) mass is 207 g/mol. The first-order valence-electron chi connectivity index (χ1n) is 5.01. The predicted octanol–water partition coefficient (Wildman–Crippen LogP) is 2.14. The maximum atomic E-state index is 5.65. The van der Waals surface area contributed by atoms with E-state index in [1.54, 1.807) is 12.1 Å². The molecule has 1 aromatic heterocycles. The maximum absolute atomic E-state index is 5.65. The van der Waals surface area contributed by atoms with Gasteiger partial charge in [0, 0.05) is 12.0 Å². The Hall–Kier alpha value is -1.58. The zero-order valence-corrected chi connectivity index (χ0v) is 9.23. The Morgan fingerprint density at radius 3 is 2.87 bits per heavy atom. The first-order chi connectivity index (χ1) is 7.13. The van der Waals surface area contributed by atoms with Crippen molar-refractivity contribution in [2.24, 2.45) is 0 Å². The van der Waals surface area contributed by atoms with Gasteiger partial charge < -0.3 is 10.5 Å². The standard InChI is InChI=1S/C11H17N3O/c1-4-5-6-15-10-7-9(12)13-11(14-10)8(2)3/h4,7-8H,1,5-6H2,2-3H3,(H2,12,13,14). The highest BCUT2D eigenvalue weighted by atomic mass is 16.5. The van der Waals surface area contributed by atoms with Crippen molar-refractivity contribution in [2.75, 3.05) is 12.3 Å². The minimum absolute atomic E-state index is 0.246. The highest BCUT2D eigenvalue weighted by Gasteiger charge is 2.06. The van der Waals surface area contributed by atoms with Crippen LogP contribution < -0.4 is 10.5 Å².